The highest BCUT2D eigenvalue weighted by Crippen LogP contribution is 2.41. The molecule has 9 nitrogen and oxygen atoms in total. The minimum absolute atomic E-state index is 0.0120. The standard InChI is InChI=1S/C32H32ClF2N5O4/c1-32(2,42)20-14-27(44-26-9-5-8-22(34)30(26)35)21(33)15-24(20)39-31-19-13-25(28(43-4)16-23(19)36-17-37-31)38-29(41)11-10-18-7-6-12-40(18)3/h5,8-11,13-18,42H,6-7,12H2,1-4H3,(H,38,41)(H,36,37,39)/b11-10+/t18-/m1/s1. The molecule has 1 amide bonds. The van der Waals surface area contributed by atoms with Crippen LogP contribution in [0.2, 0.25) is 5.02 Å². The molecule has 1 fully saturated rings. The Balaban J connectivity index is 1.49. The van der Waals surface area contributed by atoms with E-state index < -0.39 is 17.2 Å². The first kappa shape index (κ1) is 31.1. The van der Waals surface area contributed by atoms with E-state index in [0.29, 0.717) is 39.4 Å². The topological polar surface area (TPSA) is 109 Å². The molecule has 5 rings (SSSR count). The number of nitrogens with zero attached hydrogens (tertiary/aromatic N) is 3. The first-order chi connectivity index (χ1) is 20.9. The lowest BCUT2D eigenvalue weighted by Gasteiger charge is -2.24. The maximum absolute atomic E-state index is 14.3. The lowest BCUT2D eigenvalue weighted by molar-refractivity contribution is -0.112. The fraction of sp³-hybridized carbons (Fsp3) is 0.281. The average molecular weight is 624 g/mol. The van der Waals surface area contributed by atoms with Crippen LogP contribution in [-0.2, 0) is 10.4 Å². The van der Waals surface area contributed by atoms with Crippen molar-refractivity contribution in [1.29, 1.82) is 0 Å². The number of carbonyl (C=O) groups excluding carboxylic acids is 1. The molecule has 1 aliphatic heterocycles. The summed E-state index contributed by atoms with van der Waals surface area (Å²) >= 11 is 6.52. The molecule has 0 saturated carbocycles. The second kappa shape index (κ2) is 12.7. The fourth-order valence-corrected chi connectivity index (χ4v) is 5.25. The van der Waals surface area contributed by atoms with E-state index in [2.05, 4.69) is 25.5 Å². The molecule has 2 heterocycles. The van der Waals surface area contributed by atoms with Crippen molar-refractivity contribution in [2.24, 2.45) is 0 Å². The van der Waals surface area contributed by atoms with Crippen LogP contribution in [0, 0.1) is 11.6 Å². The van der Waals surface area contributed by atoms with Crippen molar-refractivity contribution in [2.75, 3.05) is 31.3 Å². The number of benzene rings is 3. The number of anilines is 3. The Hall–Kier alpha value is -4.32. The van der Waals surface area contributed by atoms with Crippen molar-refractivity contribution in [3.8, 4) is 17.2 Å². The molecule has 44 heavy (non-hydrogen) atoms. The highest BCUT2D eigenvalue weighted by molar-refractivity contribution is 6.32. The monoisotopic (exact) mass is 623 g/mol. The summed E-state index contributed by atoms with van der Waals surface area (Å²) in [5, 5.41) is 17.7. The number of rotatable bonds is 9. The number of ether oxygens (including phenoxy) is 2. The lowest BCUT2D eigenvalue weighted by atomic mass is 9.96. The number of likely N-dealkylation sites (tertiary alicyclic amines) is 1. The first-order valence-electron chi connectivity index (χ1n) is 13.9. The van der Waals surface area contributed by atoms with Gasteiger partial charge in [-0.05, 0) is 70.6 Å². The third kappa shape index (κ3) is 6.75. The van der Waals surface area contributed by atoms with Crippen LogP contribution in [-0.4, -0.2) is 52.6 Å². The van der Waals surface area contributed by atoms with Crippen LogP contribution >= 0.6 is 11.6 Å². The maximum Gasteiger partial charge on any atom is 0.248 e. The SMILES string of the molecule is COc1cc2ncnc(Nc3cc(Cl)c(Oc4cccc(F)c4F)cc3C(C)(C)O)c2cc1NC(=O)/C=C/[C@H]1CCCN1C. The molecular weight excluding hydrogens is 592 g/mol. The number of aromatic nitrogens is 2. The minimum Gasteiger partial charge on any atom is -0.494 e. The Labute approximate surface area is 258 Å². The Morgan fingerprint density at radius 3 is 2.64 bits per heavy atom. The summed E-state index contributed by atoms with van der Waals surface area (Å²) in [6.07, 6.45) is 6.86. The Kier molecular flexibility index (Phi) is 9.00. The fourth-order valence-electron chi connectivity index (χ4n) is 5.05. The van der Waals surface area contributed by atoms with E-state index in [-0.39, 0.29) is 28.5 Å². The van der Waals surface area contributed by atoms with Gasteiger partial charge in [0.25, 0.3) is 0 Å². The molecule has 1 atom stereocenters. The minimum atomic E-state index is -1.42. The number of fused-ring (bicyclic) bond motifs is 1. The number of carbonyl (C=O) groups is 1. The van der Waals surface area contributed by atoms with E-state index in [1.54, 1.807) is 26.0 Å². The van der Waals surface area contributed by atoms with Crippen molar-refractivity contribution in [2.45, 2.75) is 38.3 Å². The van der Waals surface area contributed by atoms with Crippen molar-refractivity contribution in [3.05, 3.63) is 83.2 Å². The summed E-state index contributed by atoms with van der Waals surface area (Å²) in [6.45, 7) is 4.11. The number of hydrogen-bond donors (Lipinski definition) is 3. The first-order valence-corrected chi connectivity index (χ1v) is 14.3. The highest BCUT2D eigenvalue weighted by Gasteiger charge is 2.25. The smallest absolute Gasteiger partial charge is 0.248 e. The number of hydrogen-bond acceptors (Lipinski definition) is 8. The highest BCUT2D eigenvalue weighted by atomic mass is 35.5. The van der Waals surface area contributed by atoms with E-state index in [0.717, 1.165) is 25.5 Å². The summed E-state index contributed by atoms with van der Waals surface area (Å²) in [5.41, 5.74) is 0.229. The second-order valence-corrected chi connectivity index (χ2v) is 11.4. The lowest BCUT2D eigenvalue weighted by Crippen LogP contribution is -2.23. The van der Waals surface area contributed by atoms with E-state index in [1.807, 2.05) is 13.1 Å². The van der Waals surface area contributed by atoms with Crippen LogP contribution in [0.3, 0.4) is 0 Å². The number of halogens is 3. The quantitative estimate of drug-likeness (QED) is 0.172. The largest absolute Gasteiger partial charge is 0.494 e. The molecule has 12 heteroatoms. The summed E-state index contributed by atoms with van der Waals surface area (Å²) in [6, 6.07) is 10.1. The molecule has 4 aromatic rings. The summed E-state index contributed by atoms with van der Waals surface area (Å²) in [5.74, 6) is -2.13. The van der Waals surface area contributed by atoms with Crippen LogP contribution in [0.1, 0.15) is 32.3 Å². The number of methoxy groups -OCH3 is 1. The van der Waals surface area contributed by atoms with Crippen LogP contribution in [0.25, 0.3) is 10.9 Å². The van der Waals surface area contributed by atoms with E-state index in [9.17, 15) is 18.7 Å². The second-order valence-electron chi connectivity index (χ2n) is 11.0. The third-order valence-corrected chi connectivity index (χ3v) is 7.68. The molecule has 1 aromatic heterocycles. The van der Waals surface area contributed by atoms with E-state index in [4.69, 9.17) is 21.1 Å². The zero-order valence-electron chi connectivity index (χ0n) is 24.6. The van der Waals surface area contributed by atoms with Crippen LogP contribution in [0.15, 0.2) is 60.9 Å². The maximum atomic E-state index is 14.3. The summed E-state index contributed by atoms with van der Waals surface area (Å²) in [7, 11) is 3.53. The Morgan fingerprint density at radius 1 is 1.14 bits per heavy atom. The molecule has 3 aromatic carbocycles. The molecule has 230 valence electrons. The van der Waals surface area contributed by atoms with Crippen LogP contribution in [0.4, 0.5) is 26.0 Å². The van der Waals surface area contributed by atoms with Gasteiger partial charge < -0.3 is 25.2 Å². The number of likely N-dealkylation sites (N-methyl/N-ethyl adjacent to an activating group) is 1. The average Bonchev–Trinajstić information content (AvgIpc) is 3.39. The van der Waals surface area contributed by atoms with E-state index >= 15 is 0 Å². The van der Waals surface area contributed by atoms with Gasteiger partial charge in [-0.25, -0.2) is 14.4 Å². The molecule has 1 aliphatic rings. The van der Waals surface area contributed by atoms with Gasteiger partial charge >= 0.3 is 0 Å². The zero-order valence-corrected chi connectivity index (χ0v) is 25.4. The number of amides is 1. The van der Waals surface area contributed by atoms with Gasteiger partial charge in [0.15, 0.2) is 11.6 Å². The van der Waals surface area contributed by atoms with Gasteiger partial charge in [0.2, 0.25) is 11.7 Å². The van der Waals surface area contributed by atoms with Gasteiger partial charge in [-0.1, -0.05) is 23.7 Å². The molecule has 0 radical (unpaired) electrons. The molecule has 1 saturated heterocycles. The van der Waals surface area contributed by atoms with Gasteiger partial charge in [-0.2, -0.15) is 4.39 Å². The van der Waals surface area contributed by atoms with Gasteiger partial charge in [0.1, 0.15) is 23.6 Å². The molecule has 0 aliphatic carbocycles. The van der Waals surface area contributed by atoms with Crippen molar-refractivity contribution in [1.82, 2.24) is 14.9 Å². The summed E-state index contributed by atoms with van der Waals surface area (Å²) in [4.78, 5) is 23.8. The van der Waals surface area contributed by atoms with Gasteiger partial charge in [0, 0.05) is 34.8 Å². The molecule has 0 unspecified atom stereocenters. The Morgan fingerprint density at radius 2 is 1.93 bits per heavy atom. The van der Waals surface area contributed by atoms with Gasteiger partial charge in [0.05, 0.1) is 28.9 Å². The van der Waals surface area contributed by atoms with E-state index in [1.165, 1.54) is 43.8 Å². The normalized spacial score (nSPS) is 15.6. The van der Waals surface area contributed by atoms with Crippen LogP contribution in [0.5, 0.6) is 17.2 Å². The van der Waals surface area contributed by atoms with Crippen molar-refractivity contribution < 1.29 is 28.2 Å². The van der Waals surface area contributed by atoms with Gasteiger partial charge in [-0.3, -0.25) is 9.69 Å². The van der Waals surface area contributed by atoms with Crippen molar-refractivity contribution in [3.63, 3.8) is 0 Å². The summed E-state index contributed by atoms with van der Waals surface area (Å²) < 4.78 is 39.2. The predicted octanol–water partition coefficient (Wildman–Crippen LogP) is 6.92. The number of nitrogens with one attached hydrogen (secondary N) is 2. The third-order valence-electron chi connectivity index (χ3n) is 7.38. The zero-order chi connectivity index (χ0) is 31.6. The van der Waals surface area contributed by atoms with Crippen LogP contribution < -0.4 is 20.1 Å². The molecule has 0 bridgehead atoms. The predicted molar refractivity (Wildman–Crippen MR) is 166 cm³/mol. The van der Waals surface area contributed by atoms with Gasteiger partial charge in [-0.15, -0.1) is 0 Å². The molecular formula is C32H32ClF2N5O4. The molecule has 3 N–H and O–H groups in total. The molecule has 0 spiro atoms. The van der Waals surface area contributed by atoms with Crippen molar-refractivity contribution >= 4 is 45.6 Å². The number of aliphatic hydroxyl groups is 1. The Bertz CT molecular complexity index is 1740.